The number of carboxylic acids is 1. The lowest BCUT2D eigenvalue weighted by molar-refractivity contribution is -0.139. The number of carboxylic acid groups (broad SMARTS) is 1. The molecule has 0 radical (unpaired) electrons. The van der Waals surface area contributed by atoms with Crippen LogP contribution in [0.1, 0.15) is 24.3 Å². The summed E-state index contributed by atoms with van der Waals surface area (Å²) in [4.78, 5) is 10.9. The van der Waals surface area contributed by atoms with E-state index in [0.29, 0.717) is 12.8 Å². The van der Waals surface area contributed by atoms with Crippen LogP contribution >= 0.6 is 0 Å². The lowest BCUT2D eigenvalue weighted by Crippen LogP contribution is -2.12. The summed E-state index contributed by atoms with van der Waals surface area (Å²) in [5.41, 5.74) is 0.799. The molecule has 2 N–H and O–H groups in total. The van der Waals surface area contributed by atoms with E-state index in [-0.39, 0.29) is 6.61 Å². The average Bonchev–Trinajstić information content (AvgIpc) is 2.19. The molecule has 1 aromatic rings. The van der Waals surface area contributed by atoms with Gasteiger partial charge in [-0.15, -0.1) is 0 Å². The summed E-state index contributed by atoms with van der Waals surface area (Å²) in [6, 6.07) is 9.11. The van der Waals surface area contributed by atoms with Gasteiger partial charge in [-0.05, 0) is 18.4 Å². The Hall–Kier alpha value is -1.35. The second-order valence-corrected chi connectivity index (χ2v) is 3.17. The Kier molecular flexibility index (Phi) is 4.13. The molecule has 76 valence electrons. The van der Waals surface area contributed by atoms with Gasteiger partial charge in [-0.2, -0.15) is 0 Å². The van der Waals surface area contributed by atoms with Crippen LogP contribution < -0.4 is 0 Å². The molecule has 1 aromatic carbocycles. The van der Waals surface area contributed by atoms with Crippen molar-refractivity contribution >= 4 is 5.97 Å². The third-order valence-corrected chi connectivity index (χ3v) is 2.15. The Morgan fingerprint density at radius 3 is 2.43 bits per heavy atom. The van der Waals surface area contributed by atoms with E-state index in [4.69, 9.17) is 10.2 Å². The highest BCUT2D eigenvalue weighted by Crippen LogP contribution is 2.20. The van der Waals surface area contributed by atoms with Crippen LogP contribution in [0.2, 0.25) is 0 Å². The third-order valence-electron chi connectivity index (χ3n) is 2.15. The van der Waals surface area contributed by atoms with Gasteiger partial charge in [0.05, 0.1) is 5.92 Å². The summed E-state index contributed by atoms with van der Waals surface area (Å²) in [5, 5.41) is 17.6. The van der Waals surface area contributed by atoms with E-state index < -0.39 is 11.9 Å². The van der Waals surface area contributed by atoms with Gasteiger partial charge >= 0.3 is 5.97 Å². The van der Waals surface area contributed by atoms with E-state index >= 15 is 0 Å². The first-order chi connectivity index (χ1) is 6.75. The monoisotopic (exact) mass is 194 g/mol. The van der Waals surface area contributed by atoms with Crippen LogP contribution in [-0.2, 0) is 4.79 Å². The van der Waals surface area contributed by atoms with Gasteiger partial charge in [0.25, 0.3) is 0 Å². The van der Waals surface area contributed by atoms with Crippen molar-refractivity contribution in [3.63, 3.8) is 0 Å². The third kappa shape index (κ3) is 2.85. The number of hydrogen-bond donors (Lipinski definition) is 2. The largest absolute Gasteiger partial charge is 0.481 e. The van der Waals surface area contributed by atoms with Crippen LogP contribution in [0.3, 0.4) is 0 Å². The zero-order valence-corrected chi connectivity index (χ0v) is 7.89. The highest BCUT2D eigenvalue weighted by atomic mass is 16.4. The van der Waals surface area contributed by atoms with Gasteiger partial charge in [0.1, 0.15) is 0 Å². The zero-order valence-electron chi connectivity index (χ0n) is 7.89. The number of aliphatic hydroxyl groups excluding tert-OH is 1. The molecular weight excluding hydrogens is 180 g/mol. The van der Waals surface area contributed by atoms with E-state index in [9.17, 15) is 4.79 Å². The summed E-state index contributed by atoms with van der Waals surface area (Å²) < 4.78 is 0. The SMILES string of the molecule is O=C(O)[C@H](CCCO)c1ccccc1. The van der Waals surface area contributed by atoms with Crippen molar-refractivity contribution in [2.24, 2.45) is 0 Å². The second kappa shape index (κ2) is 5.40. The molecule has 3 heteroatoms. The first-order valence-electron chi connectivity index (χ1n) is 4.64. The van der Waals surface area contributed by atoms with Gasteiger partial charge in [-0.1, -0.05) is 30.3 Å². The van der Waals surface area contributed by atoms with Gasteiger partial charge in [0.15, 0.2) is 0 Å². The maximum absolute atomic E-state index is 10.9. The molecule has 3 nitrogen and oxygen atoms in total. The molecule has 0 aliphatic heterocycles. The van der Waals surface area contributed by atoms with Crippen LogP contribution in [0, 0.1) is 0 Å². The second-order valence-electron chi connectivity index (χ2n) is 3.17. The molecule has 0 heterocycles. The Morgan fingerprint density at radius 2 is 1.93 bits per heavy atom. The van der Waals surface area contributed by atoms with Crippen LogP contribution in [0.4, 0.5) is 0 Å². The van der Waals surface area contributed by atoms with Gasteiger partial charge in [-0.25, -0.2) is 0 Å². The molecule has 0 spiro atoms. The molecular formula is C11H14O3. The predicted molar refractivity (Wildman–Crippen MR) is 53.1 cm³/mol. The lowest BCUT2D eigenvalue weighted by atomic mass is 9.95. The summed E-state index contributed by atoms with van der Waals surface area (Å²) in [5.74, 6) is -1.33. The highest BCUT2D eigenvalue weighted by Gasteiger charge is 2.18. The van der Waals surface area contributed by atoms with Crippen molar-refractivity contribution in [3.8, 4) is 0 Å². The fraction of sp³-hybridized carbons (Fsp3) is 0.364. The summed E-state index contributed by atoms with van der Waals surface area (Å²) >= 11 is 0. The van der Waals surface area contributed by atoms with Crippen LogP contribution in [0.5, 0.6) is 0 Å². The van der Waals surface area contributed by atoms with Gasteiger partial charge in [0.2, 0.25) is 0 Å². The smallest absolute Gasteiger partial charge is 0.310 e. The van der Waals surface area contributed by atoms with Crippen molar-refractivity contribution in [3.05, 3.63) is 35.9 Å². The highest BCUT2D eigenvalue weighted by molar-refractivity contribution is 5.75. The molecule has 0 unspecified atom stereocenters. The summed E-state index contributed by atoms with van der Waals surface area (Å²) in [7, 11) is 0. The van der Waals surface area contributed by atoms with Crippen molar-refractivity contribution < 1.29 is 15.0 Å². The van der Waals surface area contributed by atoms with Crippen LogP contribution in [0.15, 0.2) is 30.3 Å². The molecule has 0 aliphatic rings. The molecule has 0 aromatic heterocycles. The Bertz CT molecular complexity index is 282. The minimum atomic E-state index is -0.829. The Balaban J connectivity index is 2.73. The minimum absolute atomic E-state index is 0.0383. The number of hydrogen-bond acceptors (Lipinski definition) is 2. The summed E-state index contributed by atoms with van der Waals surface area (Å²) in [6.07, 6.45) is 1.00. The molecule has 0 fully saturated rings. The van der Waals surface area contributed by atoms with E-state index in [1.165, 1.54) is 0 Å². The van der Waals surface area contributed by atoms with Gasteiger partial charge in [0, 0.05) is 6.61 Å². The predicted octanol–water partition coefficient (Wildman–Crippen LogP) is 1.63. The quantitative estimate of drug-likeness (QED) is 0.749. The number of carbonyl (C=O) groups is 1. The van der Waals surface area contributed by atoms with Crippen molar-refractivity contribution in [1.29, 1.82) is 0 Å². The maximum Gasteiger partial charge on any atom is 0.310 e. The normalized spacial score (nSPS) is 12.4. The van der Waals surface area contributed by atoms with Gasteiger partial charge < -0.3 is 10.2 Å². The standard InChI is InChI=1S/C11H14O3/c12-8-4-7-10(11(13)14)9-5-2-1-3-6-9/h1-3,5-6,10,12H,4,7-8H2,(H,13,14)/t10-/m1/s1. The average molecular weight is 194 g/mol. The van der Waals surface area contributed by atoms with Crippen molar-refractivity contribution in [1.82, 2.24) is 0 Å². The molecule has 0 aliphatic carbocycles. The Morgan fingerprint density at radius 1 is 1.29 bits per heavy atom. The number of rotatable bonds is 5. The molecule has 1 atom stereocenters. The first kappa shape index (κ1) is 10.7. The molecule has 0 amide bonds. The topological polar surface area (TPSA) is 57.5 Å². The van der Waals surface area contributed by atoms with Crippen molar-refractivity contribution in [2.45, 2.75) is 18.8 Å². The molecule has 0 saturated heterocycles. The minimum Gasteiger partial charge on any atom is -0.481 e. The van der Waals surface area contributed by atoms with Crippen LogP contribution in [0.25, 0.3) is 0 Å². The molecule has 1 rings (SSSR count). The summed E-state index contributed by atoms with van der Waals surface area (Å²) in [6.45, 7) is 0.0383. The molecule has 0 bridgehead atoms. The number of aliphatic hydroxyl groups is 1. The van der Waals surface area contributed by atoms with E-state index in [1.54, 1.807) is 12.1 Å². The molecule has 0 saturated carbocycles. The van der Waals surface area contributed by atoms with Crippen LogP contribution in [-0.4, -0.2) is 22.8 Å². The maximum atomic E-state index is 10.9. The fourth-order valence-electron chi connectivity index (χ4n) is 1.41. The number of aliphatic carboxylic acids is 1. The van der Waals surface area contributed by atoms with Gasteiger partial charge in [-0.3, -0.25) is 4.79 Å². The Labute approximate surface area is 83.0 Å². The first-order valence-corrected chi connectivity index (χ1v) is 4.64. The van der Waals surface area contributed by atoms with E-state index in [0.717, 1.165) is 5.56 Å². The number of benzene rings is 1. The van der Waals surface area contributed by atoms with E-state index in [1.807, 2.05) is 18.2 Å². The van der Waals surface area contributed by atoms with Crippen molar-refractivity contribution in [2.75, 3.05) is 6.61 Å². The zero-order chi connectivity index (χ0) is 10.4. The van der Waals surface area contributed by atoms with E-state index in [2.05, 4.69) is 0 Å². The lowest BCUT2D eigenvalue weighted by Gasteiger charge is -2.11. The molecule has 14 heavy (non-hydrogen) atoms. The fourth-order valence-corrected chi connectivity index (χ4v) is 1.41.